The van der Waals surface area contributed by atoms with Crippen molar-refractivity contribution in [2.45, 2.75) is 57.8 Å². The fraction of sp³-hybridized carbons (Fsp3) is 0.0882. The molecule has 0 fully saturated rings. The van der Waals surface area contributed by atoms with E-state index in [1.54, 1.807) is 0 Å². The highest BCUT2D eigenvalue weighted by Gasteiger charge is 2.39. The van der Waals surface area contributed by atoms with Crippen LogP contribution >= 0.6 is 0 Å². The second-order valence-electron chi connectivity index (χ2n) is 31.5. The average Bonchev–Trinajstić information content (AvgIpc) is 1.56. The first-order valence-electron chi connectivity index (χ1n) is 37.7. The summed E-state index contributed by atoms with van der Waals surface area (Å²) in [6.07, 6.45) is 0. The van der Waals surface area contributed by atoms with E-state index in [0.29, 0.717) is 17.5 Å². The number of para-hydroxylation sites is 3. The van der Waals surface area contributed by atoms with Gasteiger partial charge < -0.3 is 13.7 Å². The van der Waals surface area contributed by atoms with Gasteiger partial charge in [0, 0.05) is 82.3 Å². The van der Waals surface area contributed by atoms with Crippen LogP contribution < -0.4 is 0 Å². The van der Waals surface area contributed by atoms with E-state index in [9.17, 15) is 0 Å². The Balaban J connectivity index is 0.644. The molecule has 15 aromatic carbocycles. The Morgan fingerprint density at radius 1 is 0.185 bits per heavy atom. The Bertz CT molecular complexity index is 6800. The molecule has 22 rings (SSSR count). The molecule has 108 heavy (non-hydrogen) atoms. The molecule has 0 unspecified atom stereocenters. The van der Waals surface area contributed by atoms with E-state index in [-0.39, 0.29) is 16.2 Å². The molecule has 0 amide bonds. The third-order valence-corrected chi connectivity index (χ3v) is 24.5. The molecule has 6 nitrogen and oxygen atoms in total. The average molecular weight is 1380 g/mol. The van der Waals surface area contributed by atoms with Crippen LogP contribution in [0, 0.1) is 0 Å². The monoisotopic (exact) mass is 1380 g/mol. The zero-order valence-corrected chi connectivity index (χ0v) is 60.9. The molecular weight excluding hydrogens is 1310 g/mol. The molecule has 0 aliphatic heterocycles. The minimum Gasteiger partial charge on any atom is -0.309 e. The molecule has 0 radical (unpaired) electrons. The molecule has 19 aromatic rings. The highest BCUT2D eigenvalue weighted by atomic mass is 15.0. The first-order chi connectivity index (χ1) is 52.8. The molecular formula is C102H72N6. The summed E-state index contributed by atoms with van der Waals surface area (Å²) in [7, 11) is 0. The molecule has 0 N–H and O–H groups in total. The number of fused-ring (bicyclic) bond motifs is 18. The number of aromatic nitrogens is 6. The lowest BCUT2D eigenvalue weighted by Gasteiger charge is -2.22. The van der Waals surface area contributed by atoms with Gasteiger partial charge in [-0.2, -0.15) is 0 Å². The van der Waals surface area contributed by atoms with Gasteiger partial charge in [-0.1, -0.05) is 266 Å². The standard InChI is InChI=1S/C102H72N6/c1-100(2)85-31-13-7-25-73(85)76-47-44-70(58-88(76)100)106-91-34-16-10-28-79(91)82-55-65(41-50-94(82)106)61-37-39-62(40-38-61)97-103-98(68-23-19-21-63(53-68)66-42-51-95-83(56-66)80-29-11-17-35-92(80)107(95)71-45-48-77-74-26-8-14-32-86(74)101(3,4)89(77)59-71)105-99(104-97)69-24-20-22-64(54-69)67-43-52-96-84(57-67)81-30-12-18-36-93(81)108(96)72-46-49-78-75-27-9-15-33-87(75)102(5,6)90(78)60-72/h7-60H,1-6H3. The van der Waals surface area contributed by atoms with E-state index in [1.807, 2.05) is 0 Å². The first kappa shape index (κ1) is 62.1. The van der Waals surface area contributed by atoms with Crippen LogP contribution in [-0.4, -0.2) is 28.7 Å². The molecule has 0 saturated heterocycles. The second-order valence-corrected chi connectivity index (χ2v) is 31.5. The lowest BCUT2D eigenvalue weighted by Crippen LogP contribution is -2.15. The SMILES string of the molecule is CC1(C)c2ccccc2-c2ccc(-n3c4ccccc4c4cc(-c5ccc(-c6nc(-c7cccc(-c8ccc9c(c8)c8ccccc8n9-c8ccc9c(c8)C(C)(C)c8ccccc8-9)c7)nc(-c7cccc(-c8ccc9c(c8)c8ccccc8n9-c8ccc9c(c8)C(C)(C)c8ccccc8-9)c7)n6)cc5)ccc43)cc21. The van der Waals surface area contributed by atoms with Crippen molar-refractivity contribution in [3.05, 3.63) is 361 Å². The van der Waals surface area contributed by atoms with Crippen LogP contribution in [0.2, 0.25) is 0 Å². The molecule has 0 spiro atoms. The minimum absolute atomic E-state index is 0.113. The van der Waals surface area contributed by atoms with Crippen LogP contribution in [0.3, 0.4) is 0 Å². The van der Waals surface area contributed by atoms with Gasteiger partial charge in [0.1, 0.15) is 0 Å². The summed E-state index contributed by atoms with van der Waals surface area (Å²) in [6.45, 7) is 14.1. The maximum absolute atomic E-state index is 5.47. The van der Waals surface area contributed by atoms with Crippen molar-refractivity contribution in [1.82, 2.24) is 28.7 Å². The lowest BCUT2D eigenvalue weighted by molar-refractivity contribution is 0.660. The number of benzene rings is 15. The first-order valence-corrected chi connectivity index (χ1v) is 37.7. The Morgan fingerprint density at radius 2 is 0.454 bits per heavy atom. The molecule has 3 aliphatic carbocycles. The highest BCUT2D eigenvalue weighted by Crippen LogP contribution is 2.54. The fourth-order valence-corrected chi connectivity index (χ4v) is 19.0. The Kier molecular flexibility index (Phi) is 13.1. The summed E-state index contributed by atoms with van der Waals surface area (Å²) in [5, 5.41) is 7.24. The van der Waals surface area contributed by atoms with Crippen molar-refractivity contribution in [3.63, 3.8) is 0 Å². The van der Waals surface area contributed by atoms with Crippen molar-refractivity contribution in [2.24, 2.45) is 0 Å². The number of hydrogen-bond donors (Lipinski definition) is 0. The third-order valence-electron chi connectivity index (χ3n) is 24.5. The maximum Gasteiger partial charge on any atom is 0.164 e. The van der Waals surface area contributed by atoms with Crippen LogP contribution in [0.15, 0.2) is 328 Å². The van der Waals surface area contributed by atoms with E-state index in [1.165, 1.54) is 127 Å². The highest BCUT2D eigenvalue weighted by molar-refractivity contribution is 6.13. The van der Waals surface area contributed by atoms with E-state index in [0.717, 1.165) is 72.5 Å². The van der Waals surface area contributed by atoms with Gasteiger partial charge in [-0.15, -0.1) is 0 Å². The van der Waals surface area contributed by atoms with Gasteiger partial charge in [0.25, 0.3) is 0 Å². The lowest BCUT2D eigenvalue weighted by atomic mass is 9.82. The van der Waals surface area contributed by atoms with Crippen molar-refractivity contribution >= 4 is 65.4 Å². The van der Waals surface area contributed by atoms with Crippen molar-refractivity contribution in [2.75, 3.05) is 0 Å². The van der Waals surface area contributed by atoms with Crippen LogP contribution in [0.5, 0.6) is 0 Å². The smallest absolute Gasteiger partial charge is 0.164 e. The Morgan fingerprint density at radius 3 is 0.824 bits per heavy atom. The van der Waals surface area contributed by atoms with Crippen LogP contribution in [-0.2, 0) is 16.2 Å². The molecule has 0 saturated carbocycles. The van der Waals surface area contributed by atoms with Gasteiger partial charge in [0.2, 0.25) is 0 Å². The van der Waals surface area contributed by atoms with Crippen LogP contribution in [0.4, 0.5) is 0 Å². The zero-order valence-electron chi connectivity index (χ0n) is 60.9. The van der Waals surface area contributed by atoms with Crippen molar-refractivity contribution in [3.8, 4) is 118 Å². The largest absolute Gasteiger partial charge is 0.309 e. The zero-order chi connectivity index (χ0) is 72.1. The molecule has 510 valence electrons. The van der Waals surface area contributed by atoms with Gasteiger partial charge in [-0.3, -0.25) is 0 Å². The molecule has 4 aromatic heterocycles. The topological polar surface area (TPSA) is 53.5 Å². The summed E-state index contributed by atoms with van der Waals surface area (Å²) >= 11 is 0. The number of nitrogens with zero attached hydrogens (tertiary/aromatic N) is 6. The van der Waals surface area contributed by atoms with Crippen LogP contribution in [0.25, 0.3) is 183 Å². The molecule has 4 heterocycles. The summed E-state index contributed by atoms with van der Waals surface area (Å²) in [5.74, 6) is 1.78. The fourth-order valence-electron chi connectivity index (χ4n) is 19.0. The van der Waals surface area contributed by atoms with Crippen LogP contribution in [0.1, 0.15) is 74.9 Å². The van der Waals surface area contributed by atoms with E-state index in [4.69, 9.17) is 15.0 Å². The molecule has 3 aliphatic rings. The normalized spacial score (nSPS) is 14.1. The summed E-state index contributed by atoms with van der Waals surface area (Å²) in [6, 6.07) is 121. The maximum atomic E-state index is 5.47. The van der Waals surface area contributed by atoms with Crippen molar-refractivity contribution in [1.29, 1.82) is 0 Å². The minimum atomic E-state index is -0.121. The van der Waals surface area contributed by atoms with Gasteiger partial charge in [-0.05, 0) is 203 Å². The third kappa shape index (κ3) is 9.10. The van der Waals surface area contributed by atoms with Crippen molar-refractivity contribution < 1.29 is 0 Å². The Labute approximate surface area is 626 Å². The van der Waals surface area contributed by atoms with Gasteiger partial charge in [-0.25, -0.2) is 15.0 Å². The molecule has 0 atom stereocenters. The second kappa shape index (κ2) is 22.9. The number of hydrogen-bond acceptors (Lipinski definition) is 3. The summed E-state index contributed by atoms with van der Waals surface area (Å²) in [4.78, 5) is 16.3. The summed E-state index contributed by atoms with van der Waals surface area (Å²) in [5.41, 5.74) is 35.6. The van der Waals surface area contributed by atoms with E-state index < -0.39 is 0 Å². The quantitative estimate of drug-likeness (QED) is 0.145. The van der Waals surface area contributed by atoms with E-state index in [2.05, 4.69) is 383 Å². The molecule has 6 heteroatoms. The predicted octanol–water partition coefficient (Wildman–Crippen LogP) is 26.1. The molecule has 0 bridgehead atoms. The summed E-state index contributed by atoms with van der Waals surface area (Å²) < 4.78 is 7.33. The van der Waals surface area contributed by atoms with E-state index >= 15 is 0 Å². The predicted molar refractivity (Wildman–Crippen MR) is 448 cm³/mol. The van der Waals surface area contributed by atoms with Gasteiger partial charge in [0.15, 0.2) is 17.5 Å². The Hall–Kier alpha value is -13.3. The van der Waals surface area contributed by atoms with Gasteiger partial charge in [0.05, 0.1) is 33.1 Å². The number of rotatable bonds is 9. The van der Waals surface area contributed by atoms with Gasteiger partial charge >= 0.3 is 0 Å².